The molecule has 138 valence electrons. The number of amides is 3. The van der Waals surface area contributed by atoms with Crippen LogP contribution in [-0.4, -0.2) is 45.6 Å². The van der Waals surface area contributed by atoms with Crippen LogP contribution in [0, 0.1) is 0 Å². The first-order valence-electron chi connectivity index (χ1n) is 9.31. The summed E-state index contributed by atoms with van der Waals surface area (Å²) in [6.45, 7) is 0.807. The zero-order valence-corrected chi connectivity index (χ0v) is 15.0. The molecule has 1 aromatic heterocycles. The number of hydrogen-bond acceptors (Lipinski definition) is 4. The van der Waals surface area contributed by atoms with Crippen LogP contribution in [0.1, 0.15) is 58.0 Å². The van der Waals surface area contributed by atoms with E-state index in [9.17, 15) is 14.4 Å². The molecule has 2 aliphatic heterocycles. The molecule has 4 rings (SSSR count). The quantitative estimate of drug-likeness (QED) is 0.783. The fraction of sp³-hybridized carbons (Fsp3) is 0.333. The van der Waals surface area contributed by atoms with Crippen molar-refractivity contribution in [2.45, 2.75) is 31.7 Å². The number of likely N-dealkylation sites (tertiary alicyclic amines) is 1. The van der Waals surface area contributed by atoms with Crippen LogP contribution in [0.2, 0.25) is 0 Å². The van der Waals surface area contributed by atoms with Crippen LogP contribution in [-0.2, 0) is 4.79 Å². The van der Waals surface area contributed by atoms with Crippen molar-refractivity contribution >= 4 is 17.7 Å². The van der Waals surface area contributed by atoms with E-state index in [1.807, 2.05) is 17.0 Å². The van der Waals surface area contributed by atoms with Gasteiger partial charge in [0.05, 0.1) is 17.2 Å². The van der Waals surface area contributed by atoms with Gasteiger partial charge in [0.15, 0.2) is 0 Å². The Kier molecular flexibility index (Phi) is 4.71. The number of piperidine rings is 1. The molecule has 1 saturated heterocycles. The second-order valence-electron chi connectivity index (χ2n) is 6.94. The van der Waals surface area contributed by atoms with Gasteiger partial charge in [0.25, 0.3) is 11.8 Å². The number of aromatic nitrogens is 1. The number of fused-ring (bicyclic) bond motifs is 1. The number of benzene rings is 1. The first-order chi connectivity index (χ1) is 13.2. The molecule has 6 heteroatoms. The maximum absolute atomic E-state index is 12.9. The molecule has 0 aliphatic carbocycles. The Bertz CT molecular complexity index is 846. The van der Waals surface area contributed by atoms with Gasteiger partial charge < -0.3 is 4.90 Å². The normalized spacial score (nSPS) is 19.3. The summed E-state index contributed by atoms with van der Waals surface area (Å²) in [6, 6.07) is 10.7. The zero-order chi connectivity index (χ0) is 18.8. The number of carbonyl (C=O) groups is 3. The van der Waals surface area contributed by atoms with Crippen LogP contribution in [0.4, 0.5) is 0 Å². The van der Waals surface area contributed by atoms with E-state index in [2.05, 4.69) is 4.98 Å². The molecule has 3 amide bonds. The molecular formula is C21H21N3O3. The number of imide groups is 1. The predicted molar refractivity (Wildman–Crippen MR) is 99.0 cm³/mol. The van der Waals surface area contributed by atoms with E-state index in [1.54, 1.807) is 36.7 Å². The SMILES string of the molecule is O=C1c2ccccc2C(=O)N1CCC(=O)N1CCCCC1c1cccnc1. The Morgan fingerprint density at radius 2 is 1.78 bits per heavy atom. The Balaban J connectivity index is 1.45. The van der Waals surface area contributed by atoms with Crippen LogP contribution in [0.5, 0.6) is 0 Å². The number of nitrogens with zero attached hydrogens (tertiary/aromatic N) is 3. The van der Waals surface area contributed by atoms with E-state index < -0.39 is 0 Å². The van der Waals surface area contributed by atoms with Gasteiger partial charge in [-0.15, -0.1) is 0 Å². The Hall–Kier alpha value is -3.02. The summed E-state index contributed by atoms with van der Waals surface area (Å²) in [5.41, 5.74) is 1.87. The number of rotatable bonds is 4. The lowest BCUT2D eigenvalue weighted by molar-refractivity contribution is -0.135. The lowest BCUT2D eigenvalue weighted by atomic mass is 9.96. The van der Waals surface area contributed by atoms with Crippen molar-refractivity contribution in [2.75, 3.05) is 13.1 Å². The molecule has 1 fully saturated rings. The van der Waals surface area contributed by atoms with Gasteiger partial charge in [-0.3, -0.25) is 24.3 Å². The van der Waals surface area contributed by atoms with E-state index in [4.69, 9.17) is 0 Å². The van der Waals surface area contributed by atoms with Gasteiger partial charge in [-0.1, -0.05) is 18.2 Å². The zero-order valence-electron chi connectivity index (χ0n) is 15.0. The fourth-order valence-corrected chi connectivity index (χ4v) is 3.94. The lowest BCUT2D eigenvalue weighted by Gasteiger charge is -2.36. The maximum Gasteiger partial charge on any atom is 0.261 e. The third kappa shape index (κ3) is 3.23. The average molecular weight is 363 g/mol. The molecular weight excluding hydrogens is 342 g/mol. The number of pyridine rings is 1. The van der Waals surface area contributed by atoms with Crippen LogP contribution in [0.25, 0.3) is 0 Å². The molecule has 0 spiro atoms. The van der Waals surface area contributed by atoms with Crippen molar-refractivity contribution in [3.63, 3.8) is 0 Å². The largest absolute Gasteiger partial charge is 0.336 e. The molecule has 1 aromatic carbocycles. The summed E-state index contributed by atoms with van der Waals surface area (Å²) in [4.78, 5) is 45.0. The first-order valence-corrected chi connectivity index (χ1v) is 9.31. The van der Waals surface area contributed by atoms with Crippen LogP contribution in [0.3, 0.4) is 0 Å². The highest BCUT2D eigenvalue weighted by Crippen LogP contribution is 2.31. The number of carbonyl (C=O) groups excluding carboxylic acids is 3. The third-order valence-electron chi connectivity index (χ3n) is 5.32. The van der Waals surface area contributed by atoms with E-state index in [-0.39, 0.29) is 36.7 Å². The second kappa shape index (κ2) is 7.31. The highest BCUT2D eigenvalue weighted by atomic mass is 16.2. The van der Waals surface area contributed by atoms with Gasteiger partial charge in [0.1, 0.15) is 0 Å². The molecule has 3 heterocycles. The van der Waals surface area contributed by atoms with Crippen molar-refractivity contribution in [3.05, 3.63) is 65.5 Å². The molecule has 0 saturated carbocycles. The minimum Gasteiger partial charge on any atom is -0.336 e. The van der Waals surface area contributed by atoms with Crippen LogP contribution >= 0.6 is 0 Å². The highest BCUT2D eigenvalue weighted by molar-refractivity contribution is 6.21. The minimum atomic E-state index is -0.314. The van der Waals surface area contributed by atoms with Crippen molar-refractivity contribution in [1.29, 1.82) is 0 Å². The minimum absolute atomic E-state index is 0.0159. The van der Waals surface area contributed by atoms with Crippen molar-refractivity contribution < 1.29 is 14.4 Å². The van der Waals surface area contributed by atoms with Crippen LogP contribution in [0.15, 0.2) is 48.8 Å². The maximum atomic E-state index is 12.9. The van der Waals surface area contributed by atoms with Crippen LogP contribution < -0.4 is 0 Å². The van der Waals surface area contributed by atoms with Gasteiger partial charge in [0.2, 0.25) is 5.91 Å². The molecule has 0 N–H and O–H groups in total. The van der Waals surface area contributed by atoms with E-state index in [1.165, 1.54) is 4.90 Å². The van der Waals surface area contributed by atoms with Crippen molar-refractivity contribution in [2.24, 2.45) is 0 Å². The molecule has 0 bridgehead atoms. The Labute approximate surface area is 157 Å². The van der Waals surface area contributed by atoms with Gasteiger partial charge in [0, 0.05) is 31.9 Å². The van der Waals surface area contributed by atoms with E-state index >= 15 is 0 Å². The highest BCUT2D eigenvalue weighted by Gasteiger charge is 2.36. The van der Waals surface area contributed by atoms with E-state index in [0.717, 1.165) is 24.8 Å². The molecule has 6 nitrogen and oxygen atoms in total. The lowest BCUT2D eigenvalue weighted by Crippen LogP contribution is -2.41. The summed E-state index contributed by atoms with van der Waals surface area (Å²) in [5, 5.41) is 0. The summed E-state index contributed by atoms with van der Waals surface area (Å²) in [7, 11) is 0. The summed E-state index contributed by atoms with van der Waals surface area (Å²) >= 11 is 0. The summed E-state index contributed by atoms with van der Waals surface area (Å²) < 4.78 is 0. The van der Waals surface area contributed by atoms with Crippen molar-refractivity contribution in [1.82, 2.24) is 14.8 Å². The smallest absolute Gasteiger partial charge is 0.261 e. The van der Waals surface area contributed by atoms with Gasteiger partial charge in [-0.25, -0.2) is 0 Å². The molecule has 0 radical (unpaired) electrons. The Morgan fingerprint density at radius 3 is 2.44 bits per heavy atom. The number of hydrogen-bond donors (Lipinski definition) is 0. The van der Waals surface area contributed by atoms with Gasteiger partial charge in [-0.05, 0) is 43.0 Å². The van der Waals surface area contributed by atoms with Gasteiger partial charge in [-0.2, -0.15) is 0 Å². The summed E-state index contributed by atoms with van der Waals surface area (Å²) in [5.74, 6) is -0.656. The molecule has 2 aliphatic rings. The monoisotopic (exact) mass is 363 g/mol. The topological polar surface area (TPSA) is 70.6 Å². The third-order valence-corrected chi connectivity index (χ3v) is 5.32. The molecule has 1 atom stereocenters. The standard InChI is InChI=1S/C21H21N3O3/c25-19(23-12-4-3-9-18(23)15-6-5-11-22-14-15)10-13-24-20(26)16-7-1-2-8-17(16)21(24)27/h1-2,5-8,11,14,18H,3-4,9-10,12-13H2. The van der Waals surface area contributed by atoms with Crippen molar-refractivity contribution in [3.8, 4) is 0 Å². The second-order valence-corrected chi connectivity index (χ2v) is 6.94. The first kappa shape index (κ1) is 17.4. The summed E-state index contributed by atoms with van der Waals surface area (Å²) in [6.07, 6.45) is 6.62. The van der Waals surface area contributed by atoms with E-state index in [0.29, 0.717) is 17.7 Å². The molecule has 2 aromatic rings. The average Bonchev–Trinajstić information content (AvgIpc) is 2.97. The molecule has 27 heavy (non-hydrogen) atoms. The Morgan fingerprint density at radius 1 is 1.04 bits per heavy atom. The van der Waals surface area contributed by atoms with Gasteiger partial charge >= 0.3 is 0 Å². The molecule has 1 unspecified atom stereocenters. The predicted octanol–water partition coefficient (Wildman–Crippen LogP) is 2.82. The fourth-order valence-electron chi connectivity index (χ4n) is 3.94.